The average molecular weight is 307 g/mol. The van der Waals surface area contributed by atoms with E-state index in [0.717, 1.165) is 43.6 Å². The highest BCUT2D eigenvalue weighted by Gasteiger charge is 2.41. The summed E-state index contributed by atoms with van der Waals surface area (Å²) in [6.07, 6.45) is 2.39. The second-order valence-electron chi connectivity index (χ2n) is 6.20. The van der Waals surface area contributed by atoms with Crippen molar-refractivity contribution in [2.24, 2.45) is 5.41 Å². The second kappa shape index (κ2) is 5.34. The molecule has 2 saturated heterocycles. The molecule has 1 spiro atoms. The summed E-state index contributed by atoms with van der Waals surface area (Å²) in [7, 11) is 0. The van der Waals surface area contributed by atoms with Gasteiger partial charge in [-0.3, -0.25) is 9.59 Å². The predicted octanol–water partition coefficient (Wildman–Crippen LogP) is 2.39. The first kappa shape index (κ1) is 14.4. The Morgan fingerprint density at radius 1 is 1.33 bits per heavy atom. The summed E-state index contributed by atoms with van der Waals surface area (Å²) in [5, 5.41) is 3.56. The molecule has 1 aromatic carbocycles. The van der Waals surface area contributed by atoms with Crippen molar-refractivity contribution in [1.29, 1.82) is 0 Å². The summed E-state index contributed by atoms with van der Waals surface area (Å²) in [6, 6.07) is 5.37. The molecule has 112 valence electrons. The van der Waals surface area contributed by atoms with Crippen molar-refractivity contribution in [1.82, 2.24) is 10.2 Å². The minimum Gasteiger partial charge on any atom is -0.356 e. The highest BCUT2D eigenvalue weighted by atomic mass is 35.5. The minimum atomic E-state index is 0.0660. The van der Waals surface area contributed by atoms with E-state index in [-0.39, 0.29) is 17.2 Å². The fraction of sp³-hybridized carbons (Fsp3) is 0.500. The molecule has 0 saturated carbocycles. The van der Waals surface area contributed by atoms with Gasteiger partial charge >= 0.3 is 0 Å². The first-order valence-corrected chi connectivity index (χ1v) is 7.69. The number of nitrogens with zero attached hydrogens (tertiary/aromatic N) is 1. The molecule has 0 aromatic heterocycles. The lowest BCUT2D eigenvalue weighted by atomic mass is 9.77. The molecule has 5 heteroatoms. The lowest BCUT2D eigenvalue weighted by Gasteiger charge is -2.38. The third-order valence-electron chi connectivity index (χ3n) is 4.73. The van der Waals surface area contributed by atoms with Crippen molar-refractivity contribution in [2.45, 2.75) is 26.2 Å². The van der Waals surface area contributed by atoms with E-state index in [1.807, 2.05) is 17.9 Å². The SMILES string of the molecule is Cc1cc(Cl)ccc1C(=O)N1CCC2(CC1)CNC(=O)C2. The molecular weight excluding hydrogens is 288 g/mol. The minimum absolute atomic E-state index is 0.0660. The Labute approximate surface area is 129 Å². The van der Waals surface area contributed by atoms with Gasteiger partial charge in [-0.05, 0) is 48.9 Å². The lowest BCUT2D eigenvalue weighted by molar-refractivity contribution is -0.119. The number of aryl methyl sites for hydroxylation is 1. The molecule has 2 aliphatic heterocycles. The van der Waals surface area contributed by atoms with Crippen LogP contribution >= 0.6 is 11.6 Å². The van der Waals surface area contributed by atoms with Crippen LogP contribution in [0, 0.1) is 12.3 Å². The van der Waals surface area contributed by atoms with Gasteiger partial charge in [0, 0.05) is 36.6 Å². The van der Waals surface area contributed by atoms with Crippen molar-refractivity contribution in [3.8, 4) is 0 Å². The quantitative estimate of drug-likeness (QED) is 0.866. The second-order valence-corrected chi connectivity index (χ2v) is 6.64. The number of nitrogens with one attached hydrogen (secondary N) is 1. The Bertz CT molecular complexity index is 592. The summed E-state index contributed by atoms with van der Waals surface area (Å²) in [5.41, 5.74) is 1.70. The van der Waals surface area contributed by atoms with Gasteiger partial charge in [0.2, 0.25) is 5.91 Å². The van der Waals surface area contributed by atoms with Gasteiger partial charge in [-0.2, -0.15) is 0 Å². The van der Waals surface area contributed by atoms with Crippen molar-refractivity contribution < 1.29 is 9.59 Å². The highest BCUT2D eigenvalue weighted by Crippen LogP contribution is 2.37. The van der Waals surface area contributed by atoms with Gasteiger partial charge in [-0.1, -0.05) is 11.6 Å². The third kappa shape index (κ3) is 2.77. The van der Waals surface area contributed by atoms with Crippen LogP contribution in [0.25, 0.3) is 0 Å². The van der Waals surface area contributed by atoms with Crippen molar-refractivity contribution >= 4 is 23.4 Å². The van der Waals surface area contributed by atoms with E-state index in [1.54, 1.807) is 12.1 Å². The van der Waals surface area contributed by atoms with Gasteiger partial charge in [-0.25, -0.2) is 0 Å². The number of hydrogen-bond donors (Lipinski definition) is 1. The summed E-state index contributed by atoms with van der Waals surface area (Å²) < 4.78 is 0. The number of halogens is 1. The molecule has 1 aromatic rings. The number of benzene rings is 1. The van der Waals surface area contributed by atoms with Crippen LogP contribution in [0.2, 0.25) is 5.02 Å². The number of hydrogen-bond acceptors (Lipinski definition) is 2. The van der Waals surface area contributed by atoms with Crippen LogP contribution in [-0.2, 0) is 4.79 Å². The number of amides is 2. The third-order valence-corrected chi connectivity index (χ3v) is 4.96. The number of rotatable bonds is 1. The van der Waals surface area contributed by atoms with Gasteiger partial charge in [0.1, 0.15) is 0 Å². The number of piperidine rings is 1. The van der Waals surface area contributed by atoms with E-state index in [0.29, 0.717) is 11.4 Å². The Morgan fingerprint density at radius 3 is 2.62 bits per heavy atom. The van der Waals surface area contributed by atoms with Gasteiger partial charge in [0.05, 0.1) is 0 Å². The van der Waals surface area contributed by atoms with Crippen LogP contribution in [0.15, 0.2) is 18.2 Å². The molecule has 21 heavy (non-hydrogen) atoms. The molecule has 0 unspecified atom stereocenters. The predicted molar refractivity (Wildman–Crippen MR) is 81.4 cm³/mol. The Kier molecular flexibility index (Phi) is 3.66. The normalized spacial score (nSPS) is 20.7. The standard InChI is InChI=1S/C16H19ClN2O2/c1-11-8-12(17)2-3-13(11)15(21)19-6-4-16(5-7-19)9-14(20)18-10-16/h2-3,8H,4-7,9-10H2,1H3,(H,18,20). The molecule has 2 fully saturated rings. The summed E-state index contributed by atoms with van der Waals surface area (Å²) in [6.45, 7) is 4.10. The van der Waals surface area contributed by atoms with Crippen molar-refractivity contribution in [3.63, 3.8) is 0 Å². The zero-order chi connectivity index (χ0) is 15.0. The van der Waals surface area contributed by atoms with E-state index in [9.17, 15) is 9.59 Å². The smallest absolute Gasteiger partial charge is 0.254 e. The summed E-state index contributed by atoms with van der Waals surface area (Å²) >= 11 is 5.94. The number of carbonyl (C=O) groups is 2. The van der Waals surface area contributed by atoms with E-state index < -0.39 is 0 Å². The monoisotopic (exact) mass is 306 g/mol. The Balaban J connectivity index is 1.69. The fourth-order valence-electron chi connectivity index (χ4n) is 3.33. The van der Waals surface area contributed by atoms with Crippen LogP contribution in [0.1, 0.15) is 35.2 Å². The lowest BCUT2D eigenvalue weighted by Crippen LogP contribution is -2.44. The zero-order valence-corrected chi connectivity index (χ0v) is 12.9. The van der Waals surface area contributed by atoms with Crippen LogP contribution in [0.5, 0.6) is 0 Å². The van der Waals surface area contributed by atoms with Gasteiger partial charge < -0.3 is 10.2 Å². The molecule has 1 N–H and O–H groups in total. The van der Waals surface area contributed by atoms with Gasteiger partial charge in [-0.15, -0.1) is 0 Å². The van der Waals surface area contributed by atoms with Crippen LogP contribution in [-0.4, -0.2) is 36.3 Å². The molecule has 2 heterocycles. The summed E-state index contributed by atoms with van der Waals surface area (Å²) in [5.74, 6) is 0.208. The maximum absolute atomic E-state index is 12.6. The maximum Gasteiger partial charge on any atom is 0.254 e. The number of carbonyl (C=O) groups excluding carboxylic acids is 2. The fourth-order valence-corrected chi connectivity index (χ4v) is 3.55. The largest absolute Gasteiger partial charge is 0.356 e. The van der Waals surface area contributed by atoms with Gasteiger partial charge in [0.15, 0.2) is 0 Å². The van der Waals surface area contributed by atoms with Crippen molar-refractivity contribution in [2.75, 3.05) is 19.6 Å². The van der Waals surface area contributed by atoms with Crippen LogP contribution in [0.3, 0.4) is 0 Å². The summed E-state index contributed by atoms with van der Waals surface area (Å²) in [4.78, 5) is 25.9. The van der Waals surface area contributed by atoms with Crippen molar-refractivity contribution in [3.05, 3.63) is 34.3 Å². The molecule has 4 nitrogen and oxygen atoms in total. The van der Waals surface area contributed by atoms with Crippen LogP contribution < -0.4 is 5.32 Å². The molecule has 3 rings (SSSR count). The van der Waals surface area contributed by atoms with Crippen LogP contribution in [0.4, 0.5) is 0 Å². The molecule has 0 bridgehead atoms. The molecule has 0 radical (unpaired) electrons. The van der Waals surface area contributed by atoms with E-state index in [2.05, 4.69) is 5.32 Å². The Morgan fingerprint density at radius 2 is 2.05 bits per heavy atom. The first-order chi connectivity index (χ1) is 9.99. The first-order valence-electron chi connectivity index (χ1n) is 7.31. The van der Waals surface area contributed by atoms with Gasteiger partial charge in [0.25, 0.3) is 5.91 Å². The average Bonchev–Trinajstić information content (AvgIpc) is 2.80. The maximum atomic E-state index is 12.6. The molecule has 0 atom stereocenters. The molecule has 0 aliphatic carbocycles. The topological polar surface area (TPSA) is 49.4 Å². The molecule has 2 amide bonds. The molecule has 2 aliphatic rings. The zero-order valence-electron chi connectivity index (χ0n) is 12.1. The Hall–Kier alpha value is -1.55. The molecular formula is C16H19ClN2O2. The van der Waals surface area contributed by atoms with E-state index in [4.69, 9.17) is 11.6 Å². The van der Waals surface area contributed by atoms with E-state index in [1.165, 1.54) is 0 Å². The highest BCUT2D eigenvalue weighted by molar-refractivity contribution is 6.30. The number of likely N-dealkylation sites (tertiary alicyclic amines) is 1. The van der Waals surface area contributed by atoms with E-state index >= 15 is 0 Å².